The van der Waals surface area contributed by atoms with Crippen LogP contribution in [0, 0.1) is 5.92 Å². The van der Waals surface area contributed by atoms with Gasteiger partial charge in [0, 0.05) is 32.0 Å². The molecule has 1 saturated carbocycles. The minimum Gasteiger partial charge on any atom is -0.468 e. The molecule has 0 amide bonds. The van der Waals surface area contributed by atoms with Gasteiger partial charge >= 0.3 is 0 Å². The molecule has 0 radical (unpaired) electrons. The highest BCUT2D eigenvalue weighted by Crippen LogP contribution is 2.36. The topological polar surface area (TPSA) is 34.2 Å². The molecule has 25 heavy (non-hydrogen) atoms. The first-order chi connectivity index (χ1) is 12.4. The maximum absolute atomic E-state index is 5.57. The smallest absolute Gasteiger partial charge is 0.117 e. The molecule has 0 N–H and O–H groups in total. The number of hydrogen-bond donors (Lipinski definition) is 0. The summed E-state index contributed by atoms with van der Waals surface area (Å²) in [7, 11) is 0. The predicted octanol–water partition coefficient (Wildman–Crippen LogP) is 4.03. The lowest BCUT2D eigenvalue weighted by molar-refractivity contribution is 0.210. The van der Waals surface area contributed by atoms with E-state index in [9.17, 15) is 0 Å². The Morgan fingerprint density at radius 3 is 2.88 bits per heavy atom. The number of nitrogens with zero attached hydrogens (tertiary/aromatic N) is 3. The van der Waals surface area contributed by atoms with Crippen LogP contribution in [0.25, 0.3) is 0 Å². The largest absolute Gasteiger partial charge is 0.468 e. The van der Waals surface area contributed by atoms with Gasteiger partial charge in [-0.2, -0.15) is 0 Å². The van der Waals surface area contributed by atoms with Gasteiger partial charge in [-0.1, -0.05) is 24.3 Å². The van der Waals surface area contributed by atoms with Crippen molar-refractivity contribution < 1.29 is 4.42 Å². The summed E-state index contributed by atoms with van der Waals surface area (Å²) in [5, 5.41) is 0. The van der Waals surface area contributed by atoms with E-state index < -0.39 is 0 Å². The summed E-state index contributed by atoms with van der Waals surface area (Å²) in [6, 6.07) is 12.9. The van der Waals surface area contributed by atoms with E-state index in [2.05, 4.69) is 46.0 Å². The summed E-state index contributed by atoms with van der Waals surface area (Å²) in [6.45, 7) is 3.92. The Kier molecular flexibility index (Phi) is 3.71. The van der Waals surface area contributed by atoms with Gasteiger partial charge in [0.1, 0.15) is 11.6 Å². The molecule has 1 aliphatic heterocycles. The second-order valence-corrected chi connectivity index (χ2v) is 7.38. The molecule has 1 aromatic carbocycles. The number of rotatable bonds is 5. The minimum atomic E-state index is 0.327. The summed E-state index contributed by atoms with van der Waals surface area (Å²) >= 11 is 0. The van der Waals surface area contributed by atoms with Gasteiger partial charge in [-0.3, -0.25) is 4.90 Å². The summed E-state index contributed by atoms with van der Waals surface area (Å²) in [4.78, 5) is 7.24. The number of imidazole rings is 1. The fraction of sp³-hybridized carbons (Fsp3) is 0.381. The maximum atomic E-state index is 5.57. The van der Waals surface area contributed by atoms with Gasteiger partial charge in [-0.05, 0) is 42.0 Å². The zero-order valence-electron chi connectivity index (χ0n) is 14.3. The Morgan fingerprint density at radius 2 is 2.04 bits per heavy atom. The molecule has 0 spiro atoms. The van der Waals surface area contributed by atoms with Crippen LogP contribution in [0.3, 0.4) is 0 Å². The Hall–Kier alpha value is -2.33. The van der Waals surface area contributed by atoms with Crippen molar-refractivity contribution >= 4 is 0 Å². The van der Waals surface area contributed by atoms with Crippen molar-refractivity contribution in [1.82, 2.24) is 14.5 Å². The first-order valence-corrected chi connectivity index (χ1v) is 9.20. The third-order valence-electron chi connectivity index (χ3n) is 5.44. The van der Waals surface area contributed by atoms with Crippen molar-refractivity contribution in [2.75, 3.05) is 6.54 Å². The molecule has 1 fully saturated rings. The predicted molar refractivity (Wildman–Crippen MR) is 96.1 cm³/mol. The highest BCUT2D eigenvalue weighted by atomic mass is 16.3. The van der Waals surface area contributed by atoms with E-state index >= 15 is 0 Å². The molecular formula is C21H23N3O. The lowest BCUT2D eigenvalue weighted by Gasteiger charge is -2.34. The van der Waals surface area contributed by atoms with Crippen molar-refractivity contribution in [3.05, 3.63) is 77.8 Å². The van der Waals surface area contributed by atoms with Crippen molar-refractivity contribution in [1.29, 1.82) is 0 Å². The van der Waals surface area contributed by atoms with Crippen LogP contribution in [0.4, 0.5) is 0 Å². The number of benzene rings is 1. The SMILES string of the molecule is c1coc(CN2Cc3ccccc3[C@@H](c3nccn3CC3CC3)C2)c1. The highest BCUT2D eigenvalue weighted by Gasteiger charge is 2.31. The van der Waals surface area contributed by atoms with Crippen LogP contribution in [-0.4, -0.2) is 21.0 Å². The number of furan rings is 1. The fourth-order valence-electron chi connectivity index (χ4n) is 4.01. The van der Waals surface area contributed by atoms with Crippen LogP contribution in [0.15, 0.2) is 59.5 Å². The molecule has 3 heterocycles. The van der Waals surface area contributed by atoms with Gasteiger partial charge in [0.25, 0.3) is 0 Å². The number of fused-ring (bicyclic) bond motifs is 1. The summed E-state index contributed by atoms with van der Waals surface area (Å²) in [6.07, 6.45) is 8.60. The maximum Gasteiger partial charge on any atom is 0.117 e. The molecular weight excluding hydrogens is 310 g/mol. The molecule has 2 aromatic heterocycles. The van der Waals surface area contributed by atoms with Gasteiger partial charge in [-0.25, -0.2) is 4.98 Å². The summed E-state index contributed by atoms with van der Waals surface area (Å²) in [5.41, 5.74) is 2.84. The zero-order valence-corrected chi connectivity index (χ0v) is 14.3. The first-order valence-electron chi connectivity index (χ1n) is 9.20. The van der Waals surface area contributed by atoms with Crippen LogP contribution in [0.5, 0.6) is 0 Å². The van der Waals surface area contributed by atoms with Crippen LogP contribution >= 0.6 is 0 Å². The summed E-state index contributed by atoms with van der Waals surface area (Å²) in [5.74, 6) is 3.42. The average molecular weight is 333 g/mol. The molecule has 1 aliphatic carbocycles. The molecule has 0 unspecified atom stereocenters. The van der Waals surface area contributed by atoms with Gasteiger partial charge in [0.15, 0.2) is 0 Å². The van der Waals surface area contributed by atoms with Crippen molar-refractivity contribution in [3.63, 3.8) is 0 Å². The second kappa shape index (κ2) is 6.19. The summed E-state index contributed by atoms with van der Waals surface area (Å²) < 4.78 is 7.96. The molecule has 3 aromatic rings. The molecule has 0 bridgehead atoms. The monoisotopic (exact) mass is 333 g/mol. The molecule has 2 aliphatic rings. The van der Waals surface area contributed by atoms with Crippen molar-refractivity contribution in [3.8, 4) is 0 Å². The molecule has 4 heteroatoms. The number of aromatic nitrogens is 2. The van der Waals surface area contributed by atoms with E-state index in [1.807, 2.05) is 12.3 Å². The third kappa shape index (κ3) is 3.02. The van der Waals surface area contributed by atoms with E-state index in [0.717, 1.165) is 37.9 Å². The van der Waals surface area contributed by atoms with Gasteiger partial charge in [0.05, 0.1) is 18.7 Å². The Labute approximate surface area is 148 Å². The first kappa shape index (κ1) is 15.0. The van der Waals surface area contributed by atoms with E-state index in [1.54, 1.807) is 6.26 Å². The zero-order chi connectivity index (χ0) is 16.6. The Balaban J connectivity index is 1.47. The lowest BCUT2D eigenvalue weighted by Crippen LogP contribution is -2.34. The standard InChI is InChI=1S/C21H23N3O/c1-2-6-19-17(4-1)13-23(14-18-5-3-11-25-18)15-20(19)21-22-9-10-24(21)12-16-7-8-16/h1-6,9-11,16,20H,7-8,12-15H2/t20-/m0/s1. The molecule has 5 rings (SSSR count). The van der Waals surface area contributed by atoms with Crippen LogP contribution in [-0.2, 0) is 19.6 Å². The average Bonchev–Trinajstić information content (AvgIpc) is 3.09. The van der Waals surface area contributed by atoms with Crippen LogP contribution in [0.2, 0.25) is 0 Å². The third-order valence-corrected chi connectivity index (χ3v) is 5.44. The van der Waals surface area contributed by atoms with Crippen molar-refractivity contribution in [2.24, 2.45) is 5.92 Å². The number of hydrogen-bond acceptors (Lipinski definition) is 3. The van der Waals surface area contributed by atoms with Gasteiger partial charge < -0.3 is 8.98 Å². The normalized spacial score (nSPS) is 20.6. The Bertz CT molecular complexity index is 848. The van der Waals surface area contributed by atoms with E-state index in [1.165, 1.54) is 29.8 Å². The second-order valence-electron chi connectivity index (χ2n) is 7.38. The van der Waals surface area contributed by atoms with Crippen LogP contribution in [0.1, 0.15) is 41.5 Å². The van der Waals surface area contributed by atoms with E-state index in [4.69, 9.17) is 9.40 Å². The molecule has 1 atom stereocenters. The van der Waals surface area contributed by atoms with Crippen molar-refractivity contribution in [2.45, 2.75) is 38.4 Å². The van der Waals surface area contributed by atoms with Gasteiger partial charge in [0.2, 0.25) is 0 Å². The highest BCUT2D eigenvalue weighted by molar-refractivity contribution is 5.37. The van der Waals surface area contributed by atoms with Crippen LogP contribution < -0.4 is 0 Å². The molecule has 0 saturated heterocycles. The minimum absolute atomic E-state index is 0.327. The lowest BCUT2D eigenvalue weighted by atomic mass is 9.89. The van der Waals surface area contributed by atoms with E-state index in [0.29, 0.717) is 5.92 Å². The molecule has 128 valence electrons. The fourth-order valence-corrected chi connectivity index (χ4v) is 4.01. The Morgan fingerprint density at radius 1 is 1.12 bits per heavy atom. The van der Waals surface area contributed by atoms with Gasteiger partial charge in [-0.15, -0.1) is 0 Å². The quantitative estimate of drug-likeness (QED) is 0.707. The van der Waals surface area contributed by atoms with E-state index in [-0.39, 0.29) is 0 Å². The molecule has 4 nitrogen and oxygen atoms in total.